The van der Waals surface area contributed by atoms with Crippen LogP contribution < -0.4 is 5.32 Å². The quantitative estimate of drug-likeness (QED) is 0.928. The van der Waals surface area contributed by atoms with Crippen molar-refractivity contribution in [3.05, 3.63) is 24.0 Å². The van der Waals surface area contributed by atoms with Gasteiger partial charge in [0, 0.05) is 37.4 Å². The topological polar surface area (TPSA) is 50.2 Å². The van der Waals surface area contributed by atoms with Crippen molar-refractivity contribution >= 4 is 11.5 Å². The van der Waals surface area contributed by atoms with Gasteiger partial charge in [0.05, 0.1) is 12.2 Å². The number of hydrogen-bond donors (Lipinski definition) is 1. The summed E-state index contributed by atoms with van der Waals surface area (Å²) < 4.78 is 1.83. The van der Waals surface area contributed by atoms with Gasteiger partial charge in [-0.15, -0.1) is 0 Å². The lowest BCUT2D eigenvalue weighted by atomic mass is 10.00. The maximum atomic E-state index is 12.5. The molecule has 1 aliphatic rings. The Hall–Kier alpha value is -1.62. The summed E-state index contributed by atoms with van der Waals surface area (Å²) in [6.45, 7) is 9.88. The van der Waals surface area contributed by atoms with E-state index in [4.69, 9.17) is 0 Å². The Bertz CT molecular complexity index is 553. The molecule has 0 radical (unpaired) electrons. The van der Waals surface area contributed by atoms with E-state index in [1.165, 1.54) is 11.1 Å². The van der Waals surface area contributed by atoms with E-state index in [0.29, 0.717) is 0 Å². The zero-order chi connectivity index (χ0) is 16.3. The summed E-state index contributed by atoms with van der Waals surface area (Å²) in [5.41, 5.74) is 2.33. The van der Waals surface area contributed by atoms with Crippen LogP contribution in [-0.4, -0.2) is 45.3 Å². The Balaban J connectivity index is 2.02. The van der Waals surface area contributed by atoms with Gasteiger partial charge in [-0.25, -0.2) is 0 Å². The van der Waals surface area contributed by atoms with E-state index in [1.54, 1.807) is 0 Å². The van der Waals surface area contributed by atoms with Crippen molar-refractivity contribution in [1.29, 1.82) is 0 Å². The molecular weight excluding hydrogens is 276 g/mol. The molecule has 22 heavy (non-hydrogen) atoms. The maximum absolute atomic E-state index is 12.5. The smallest absolute Gasteiger partial charge is 0.237 e. The molecule has 1 amide bonds. The molecule has 0 saturated carbocycles. The molecule has 0 bridgehead atoms. The van der Waals surface area contributed by atoms with Gasteiger partial charge in [-0.3, -0.25) is 14.4 Å². The molecule has 5 heteroatoms. The van der Waals surface area contributed by atoms with Crippen LogP contribution in [0, 0.1) is 0 Å². The van der Waals surface area contributed by atoms with Gasteiger partial charge in [0.2, 0.25) is 5.91 Å². The van der Waals surface area contributed by atoms with Gasteiger partial charge in [0.1, 0.15) is 0 Å². The second-order valence-electron chi connectivity index (χ2n) is 7.04. The highest BCUT2D eigenvalue weighted by Crippen LogP contribution is 2.23. The lowest BCUT2D eigenvalue weighted by molar-refractivity contribution is -0.127. The van der Waals surface area contributed by atoms with Gasteiger partial charge in [0.15, 0.2) is 0 Å². The van der Waals surface area contributed by atoms with Crippen molar-refractivity contribution in [3.63, 3.8) is 0 Å². The molecule has 122 valence electrons. The van der Waals surface area contributed by atoms with Crippen LogP contribution in [0.1, 0.15) is 46.1 Å². The van der Waals surface area contributed by atoms with Gasteiger partial charge in [-0.05, 0) is 39.2 Å². The molecule has 0 spiro atoms. The standard InChI is InChI=1S/C17H28N4O/c1-6-15(16(22)19-17(2,3)4)21-9-7-13(8-10-21)14-11-18-20(5)12-14/h7,11-12,15H,6,8-10H2,1-5H3,(H,19,22)/t15-/m0/s1. The zero-order valence-electron chi connectivity index (χ0n) is 14.4. The second-order valence-corrected chi connectivity index (χ2v) is 7.04. The number of nitrogens with zero attached hydrogens (tertiary/aromatic N) is 3. The summed E-state index contributed by atoms with van der Waals surface area (Å²) in [7, 11) is 1.93. The zero-order valence-corrected chi connectivity index (χ0v) is 14.4. The predicted molar refractivity (Wildman–Crippen MR) is 89.3 cm³/mol. The predicted octanol–water partition coefficient (Wildman–Crippen LogP) is 2.20. The molecule has 0 aliphatic carbocycles. The summed E-state index contributed by atoms with van der Waals surface area (Å²) in [5, 5.41) is 7.33. The normalized spacial score (nSPS) is 18.0. The third kappa shape index (κ3) is 4.19. The molecule has 0 fully saturated rings. The van der Waals surface area contributed by atoms with Crippen LogP contribution in [0.4, 0.5) is 0 Å². The molecule has 0 aromatic carbocycles. The Kier molecular flexibility index (Phi) is 5.06. The fourth-order valence-electron chi connectivity index (χ4n) is 2.88. The number of carbonyl (C=O) groups excluding carboxylic acids is 1. The van der Waals surface area contributed by atoms with E-state index in [2.05, 4.69) is 28.3 Å². The minimum Gasteiger partial charge on any atom is -0.350 e. The van der Waals surface area contributed by atoms with Crippen LogP contribution in [0.25, 0.3) is 5.57 Å². The first kappa shape index (κ1) is 16.7. The molecule has 2 heterocycles. The molecule has 2 rings (SSSR count). The van der Waals surface area contributed by atoms with Crippen molar-refractivity contribution < 1.29 is 4.79 Å². The number of hydrogen-bond acceptors (Lipinski definition) is 3. The van der Waals surface area contributed by atoms with E-state index < -0.39 is 0 Å². The number of aryl methyl sites for hydroxylation is 1. The largest absolute Gasteiger partial charge is 0.350 e. The Labute approximate surface area is 133 Å². The fourth-order valence-corrected chi connectivity index (χ4v) is 2.88. The van der Waals surface area contributed by atoms with Crippen LogP contribution in [0.2, 0.25) is 0 Å². The summed E-state index contributed by atoms with van der Waals surface area (Å²) in [5.74, 6) is 0.133. The SMILES string of the molecule is CC[C@@H](C(=O)NC(C)(C)C)N1CC=C(c2cnn(C)c2)CC1. The monoisotopic (exact) mass is 304 g/mol. The van der Waals surface area contributed by atoms with E-state index in [1.807, 2.05) is 44.9 Å². The third-order valence-corrected chi connectivity index (χ3v) is 3.94. The summed E-state index contributed by atoms with van der Waals surface area (Å²) in [6, 6.07) is -0.0501. The molecule has 1 aliphatic heterocycles. The molecule has 1 N–H and O–H groups in total. The fraction of sp³-hybridized carbons (Fsp3) is 0.647. The third-order valence-electron chi connectivity index (χ3n) is 3.94. The first-order valence-electron chi connectivity index (χ1n) is 8.04. The lowest BCUT2D eigenvalue weighted by Gasteiger charge is -2.34. The van der Waals surface area contributed by atoms with Crippen LogP contribution in [-0.2, 0) is 11.8 Å². The first-order chi connectivity index (χ1) is 10.3. The molecule has 0 unspecified atom stereocenters. The summed E-state index contributed by atoms with van der Waals surface area (Å²) in [4.78, 5) is 14.7. The second kappa shape index (κ2) is 6.65. The highest BCUT2D eigenvalue weighted by molar-refractivity contribution is 5.82. The van der Waals surface area contributed by atoms with Crippen molar-refractivity contribution in [2.45, 2.75) is 52.1 Å². The van der Waals surface area contributed by atoms with Crippen LogP contribution in [0.5, 0.6) is 0 Å². The van der Waals surface area contributed by atoms with Gasteiger partial charge in [-0.1, -0.05) is 13.0 Å². The average molecular weight is 304 g/mol. The summed E-state index contributed by atoms with van der Waals surface area (Å²) in [6.07, 6.45) is 7.98. The number of aromatic nitrogens is 2. The Morgan fingerprint density at radius 3 is 2.64 bits per heavy atom. The van der Waals surface area contributed by atoms with Gasteiger partial charge in [-0.2, -0.15) is 5.10 Å². The maximum Gasteiger partial charge on any atom is 0.237 e. The van der Waals surface area contributed by atoms with Crippen molar-refractivity contribution in [2.75, 3.05) is 13.1 Å². The minimum absolute atomic E-state index is 0.0501. The molecular formula is C17H28N4O. The van der Waals surface area contributed by atoms with Crippen LogP contribution >= 0.6 is 0 Å². The van der Waals surface area contributed by atoms with E-state index in [-0.39, 0.29) is 17.5 Å². The molecule has 1 aromatic rings. The first-order valence-corrected chi connectivity index (χ1v) is 8.04. The van der Waals surface area contributed by atoms with Crippen LogP contribution in [0.15, 0.2) is 18.5 Å². The van der Waals surface area contributed by atoms with Crippen molar-refractivity contribution in [2.24, 2.45) is 7.05 Å². The highest BCUT2D eigenvalue weighted by Gasteiger charge is 2.28. The van der Waals surface area contributed by atoms with Gasteiger partial charge in [0.25, 0.3) is 0 Å². The Morgan fingerprint density at radius 2 is 2.18 bits per heavy atom. The number of amides is 1. The number of nitrogens with one attached hydrogen (secondary N) is 1. The van der Waals surface area contributed by atoms with E-state index >= 15 is 0 Å². The minimum atomic E-state index is -0.184. The number of rotatable bonds is 4. The molecule has 5 nitrogen and oxygen atoms in total. The number of carbonyl (C=O) groups is 1. The molecule has 0 saturated heterocycles. The summed E-state index contributed by atoms with van der Waals surface area (Å²) >= 11 is 0. The average Bonchev–Trinajstić information content (AvgIpc) is 2.85. The van der Waals surface area contributed by atoms with Gasteiger partial charge >= 0.3 is 0 Å². The lowest BCUT2D eigenvalue weighted by Crippen LogP contribution is -2.52. The van der Waals surface area contributed by atoms with Gasteiger partial charge < -0.3 is 5.32 Å². The van der Waals surface area contributed by atoms with Crippen molar-refractivity contribution in [3.8, 4) is 0 Å². The van der Waals surface area contributed by atoms with Crippen LogP contribution in [0.3, 0.4) is 0 Å². The van der Waals surface area contributed by atoms with E-state index in [9.17, 15) is 4.79 Å². The molecule has 1 aromatic heterocycles. The van der Waals surface area contributed by atoms with Crippen molar-refractivity contribution in [1.82, 2.24) is 20.0 Å². The highest BCUT2D eigenvalue weighted by atomic mass is 16.2. The molecule has 1 atom stereocenters. The Morgan fingerprint density at radius 1 is 1.45 bits per heavy atom. The van der Waals surface area contributed by atoms with E-state index in [0.717, 1.165) is 25.9 Å².